The summed E-state index contributed by atoms with van der Waals surface area (Å²) in [5.41, 5.74) is 0.962. The Morgan fingerprint density at radius 1 is 0.567 bits per heavy atom. The molecule has 0 nitrogen and oxygen atoms in total. The first kappa shape index (κ1) is 20.8. The van der Waals surface area contributed by atoms with Crippen LogP contribution in [0.25, 0.3) is 0 Å². The van der Waals surface area contributed by atoms with Gasteiger partial charge in [-0.15, -0.1) is 0 Å². The summed E-state index contributed by atoms with van der Waals surface area (Å²) in [6.07, 6.45) is 0.405. The molecule has 0 spiro atoms. The number of hydrogen-bond acceptors (Lipinski definition) is 0. The van der Waals surface area contributed by atoms with E-state index in [1.165, 1.54) is 6.07 Å². The third kappa shape index (κ3) is 3.29. The molecule has 0 radical (unpaired) electrons. The molecular weight excluding hydrogens is 468 g/mol. The van der Waals surface area contributed by atoms with E-state index < -0.39 is 22.8 Å². The van der Waals surface area contributed by atoms with Crippen LogP contribution in [0.3, 0.4) is 0 Å². The quantitative estimate of drug-likeness (QED) is 0.225. The van der Waals surface area contributed by atoms with Gasteiger partial charge in [0.1, 0.15) is 0 Å². The van der Waals surface area contributed by atoms with Gasteiger partial charge in [-0.25, -0.2) is 0 Å². The molecule has 152 valence electrons. The molecule has 0 saturated heterocycles. The summed E-state index contributed by atoms with van der Waals surface area (Å²) >= 11 is 4.07. The Balaban J connectivity index is 2.17. The van der Waals surface area contributed by atoms with Crippen molar-refractivity contribution in [2.45, 2.75) is 6.16 Å². The van der Waals surface area contributed by atoms with E-state index in [1.807, 2.05) is 91.0 Å². The minimum absolute atomic E-state index is 0.140. The van der Waals surface area contributed by atoms with Gasteiger partial charge in [0.2, 0.25) is 0 Å². The summed E-state index contributed by atoms with van der Waals surface area (Å²) in [5.74, 6) is -3.82. The summed E-state index contributed by atoms with van der Waals surface area (Å²) < 4.78 is 43.9. The molecule has 5 heteroatoms. The first-order valence-corrected chi connectivity index (χ1v) is 13.9. The zero-order chi connectivity index (χ0) is 21.2. The van der Waals surface area contributed by atoms with Gasteiger partial charge < -0.3 is 0 Å². The third-order valence-electron chi connectivity index (χ3n) is 5.43. The van der Waals surface area contributed by atoms with Gasteiger partial charge in [-0.2, -0.15) is 0 Å². The summed E-state index contributed by atoms with van der Waals surface area (Å²) in [6.45, 7) is 0. The van der Waals surface area contributed by atoms with Crippen LogP contribution in [0, 0.1) is 17.5 Å². The first-order valence-electron chi connectivity index (χ1n) is 9.47. The van der Waals surface area contributed by atoms with Crippen molar-refractivity contribution in [2.75, 3.05) is 0 Å². The van der Waals surface area contributed by atoms with Crippen LogP contribution < -0.4 is 15.9 Å². The second kappa shape index (κ2) is 8.02. The van der Waals surface area contributed by atoms with Crippen molar-refractivity contribution in [3.63, 3.8) is 0 Å². The van der Waals surface area contributed by atoms with Crippen LogP contribution in [0.2, 0.25) is 0 Å². The van der Waals surface area contributed by atoms with Gasteiger partial charge in [-0.1, -0.05) is 0 Å². The Morgan fingerprint density at radius 3 is 1.53 bits per heavy atom. The molecule has 0 heterocycles. The van der Waals surface area contributed by atoms with E-state index in [9.17, 15) is 8.78 Å². The Morgan fingerprint density at radius 2 is 1.03 bits per heavy atom. The van der Waals surface area contributed by atoms with E-state index in [4.69, 9.17) is 0 Å². The van der Waals surface area contributed by atoms with E-state index in [-0.39, 0.29) is 5.30 Å². The standard InChI is InChI=1S/C25H19BrF3P/c26-30(20-12-6-2-7-13-20,21-14-8-3-9-15-21,18-19-10-4-1-5-11-19)23-17-16-22(27)24(28)25(23)29/h1-17H,18H2. The molecule has 4 aromatic carbocycles. The van der Waals surface area contributed by atoms with Gasteiger partial charge in [0.25, 0.3) is 0 Å². The van der Waals surface area contributed by atoms with Crippen molar-refractivity contribution in [1.29, 1.82) is 0 Å². The molecule has 0 fully saturated rings. The van der Waals surface area contributed by atoms with Crippen molar-refractivity contribution in [1.82, 2.24) is 0 Å². The molecular formula is C25H19BrF3P. The normalized spacial score (nSPS) is 12.9. The average molecular weight is 487 g/mol. The molecule has 0 bridgehead atoms. The van der Waals surface area contributed by atoms with Crippen LogP contribution in [-0.4, -0.2) is 0 Å². The van der Waals surface area contributed by atoms with E-state index in [0.717, 1.165) is 22.2 Å². The molecule has 0 aliphatic rings. The van der Waals surface area contributed by atoms with Crippen molar-refractivity contribution in [2.24, 2.45) is 0 Å². The van der Waals surface area contributed by atoms with Crippen LogP contribution in [0.5, 0.6) is 0 Å². The summed E-state index contributed by atoms with van der Waals surface area (Å²) in [5, 5.41) is -1.94. The van der Waals surface area contributed by atoms with Gasteiger partial charge >= 0.3 is 182 Å². The van der Waals surface area contributed by atoms with E-state index in [2.05, 4.69) is 15.5 Å². The maximum atomic E-state index is 15.5. The van der Waals surface area contributed by atoms with Crippen LogP contribution in [-0.2, 0) is 6.16 Å². The molecule has 0 N–H and O–H groups in total. The van der Waals surface area contributed by atoms with Crippen LogP contribution in [0.15, 0.2) is 103 Å². The second-order valence-electron chi connectivity index (χ2n) is 7.19. The minimum atomic E-state index is -3.75. The molecule has 0 aliphatic heterocycles. The fourth-order valence-corrected chi connectivity index (χ4v) is 11.9. The van der Waals surface area contributed by atoms with E-state index >= 15 is 4.39 Å². The molecule has 30 heavy (non-hydrogen) atoms. The number of halogens is 4. The van der Waals surface area contributed by atoms with Gasteiger partial charge in [-0.05, 0) is 0 Å². The first-order chi connectivity index (χ1) is 14.4. The average Bonchev–Trinajstić information content (AvgIpc) is 2.79. The fraction of sp³-hybridized carbons (Fsp3) is 0.0400. The molecule has 0 saturated carbocycles. The zero-order valence-corrected chi connectivity index (χ0v) is 18.5. The van der Waals surface area contributed by atoms with E-state index in [1.54, 1.807) is 0 Å². The maximum absolute atomic E-state index is 15.5. The number of rotatable bonds is 5. The number of benzene rings is 4. The predicted molar refractivity (Wildman–Crippen MR) is 124 cm³/mol. The summed E-state index contributed by atoms with van der Waals surface area (Å²) in [4.78, 5) is 0. The van der Waals surface area contributed by atoms with Gasteiger partial charge in [-0.3, -0.25) is 0 Å². The van der Waals surface area contributed by atoms with Crippen molar-refractivity contribution < 1.29 is 13.2 Å². The zero-order valence-electron chi connectivity index (χ0n) is 16.0. The van der Waals surface area contributed by atoms with Gasteiger partial charge in [0, 0.05) is 0 Å². The van der Waals surface area contributed by atoms with Crippen molar-refractivity contribution >= 4 is 36.7 Å². The molecule has 0 atom stereocenters. The number of hydrogen-bond donors (Lipinski definition) is 0. The molecule has 0 amide bonds. The predicted octanol–water partition coefficient (Wildman–Crippen LogP) is 6.44. The Hall–Kier alpha value is -2.42. The Labute approximate surface area is 182 Å². The van der Waals surface area contributed by atoms with Gasteiger partial charge in [0.15, 0.2) is 0 Å². The van der Waals surface area contributed by atoms with E-state index in [0.29, 0.717) is 6.16 Å². The summed E-state index contributed by atoms with van der Waals surface area (Å²) in [7, 11) is 0. The molecule has 4 rings (SSSR count). The third-order valence-corrected chi connectivity index (χ3v) is 14.8. The molecule has 0 unspecified atom stereocenters. The van der Waals surface area contributed by atoms with Crippen molar-refractivity contribution in [3.8, 4) is 0 Å². The van der Waals surface area contributed by atoms with Gasteiger partial charge in [0.05, 0.1) is 0 Å². The topological polar surface area (TPSA) is 0 Å². The fourth-order valence-electron chi connectivity index (χ4n) is 3.97. The van der Waals surface area contributed by atoms with Crippen LogP contribution >= 0.6 is 20.8 Å². The SMILES string of the molecule is Fc1ccc(P(Br)(Cc2ccccc2)(c2ccccc2)c2ccccc2)c(F)c1F. The Kier molecular flexibility index (Phi) is 5.57. The summed E-state index contributed by atoms with van der Waals surface area (Å²) in [6, 6.07) is 31.0. The molecule has 0 aliphatic carbocycles. The molecule has 4 aromatic rings. The Bertz CT molecular complexity index is 1130. The van der Waals surface area contributed by atoms with Crippen LogP contribution in [0.1, 0.15) is 5.56 Å². The van der Waals surface area contributed by atoms with Crippen molar-refractivity contribution in [3.05, 3.63) is 126 Å². The van der Waals surface area contributed by atoms with Crippen LogP contribution in [0.4, 0.5) is 13.2 Å². The molecule has 0 aromatic heterocycles. The second-order valence-corrected chi connectivity index (χ2v) is 16.1. The monoisotopic (exact) mass is 486 g/mol.